The third-order valence-corrected chi connectivity index (χ3v) is 3.11. The molecule has 2 aliphatic rings. The maximum absolute atomic E-state index is 6.13. The Bertz CT molecular complexity index is 389. The maximum atomic E-state index is 6.13. The summed E-state index contributed by atoms with van der Waals surface area (Å²) in [5, 5.41) is 7.18. The normalized spacial score (nSPS) is 19.8. The molecule has 80 valence electrons. The lowest BCUT2D eigenvalue weighted by atomic mass is 10.1. The van der Waals surface area contributed by atoms with E-state index in [1.807, 2.05) is 0 Å². The lowest BCUT2D eigenvalue weighted by Crippen LogP contribution is -2.26. The first kappa shape index (κ1) is 9.36. The fourth-order valence-electron chi connectivity index (χ4n) is 1.79. The molecule has 0 unspecified atom stereocenters. The molecule has 1 aliphatic heterocycles. The lowest BCUT2D eigenvalue weighted by Gasteiger charge is -2.17. The van der Waals surface area contributed by atoms with Crippen molar-refractivity contribution in [1.82, 2.24) is 15.3 Å². The molecule has 0 spiro atoms. The summed E-state index contributed by atoms with van der Waals surface area (Å²) in [5.41, 5.74) is 2.15. The molecule has 1 aliphatic carbocycles. The summed E-state index contributed by atoms with van der Waals surface area (Å²) in [5.74, 6) is 0.685. The van der Waals surface area contributed by atoms with E-state index in [9.17, 15) is 0 Å². The van der Waals surface area contributed by atoms with Gasteiger partial charge in [0.15, 0.2) is 0 Å². The first-order chi connectivity index (χ1) is 7.33. The zero-order chi connectivity index (χ0) is 10.3. The molecular formula is C10H13ClN4. The number of halogens is 1. The fourth-order valence-corrected chi connectivity index (χ4v) is 2.07. The van der Waals surface area contributed by atoms with Crippen molar-refractivity contribution in [3.8, 4) is 0 Å². The summed E-state index contributed by atoms with van der Waals surface area (Å²) >= 11 is 6.13. The molecule has 2 heterocycles. The van der Waals surface area contributed by atoms with Crippen LogP contribution in [-0.2, 0) is 13.0 Å². The van der Waals surface area contributed by atoms with E-state index in [1.165, 1.54) is 12.8 Å². The molecule has 0 atom stereocenters. The van der Waals surface area contributed by atoms with Crippen molar-refractivity contribution in [2.24, 2.45) is 0 Å². The lowest BCUT2D eigenvalue weighted by molar-refractivity contribution is 0.624. The van der Waals surface area contributed by atoms with Gasteiger partial charge in [0.1, 0.15) is 5.15 Å². The van der Waals surface area contributed by atoms with E-state index in [0.29, 0.717) is 17.1 Å². The first-order valence-corrected chi connectivity index (χ1v) is 5.73. The molecule has 3 rings (SSSR count). The summed E-state index contributed by atoms with van der Waals surface area (Å²) in [6.45, 7) is 1.77. The van der Waals surface area contributed by atoms with Crippen LogP contribution in [0.25, 0.3) is 0 Å². The molecular weight excluding hydrogens is 212 g/mol. The maximum Gasteiger partial charge on any atom is 0.224 e. The summed E-state index contributed by atoms with van der Waals surface area (Å²) in [6.07, 6.45) is 3.37. The van der Waals surface area contributed by atoms with Gasteiger partial charge in [-0.2, -0.15) is 0 Å². The van der Waals surface area contributed by atoms with E-state index < -0.39 is 0 Å². The van der Waals surface area contributed by atoms with Crippen LogP contribution in [0.1, 0.15) is 24.1 Å². The van der Waals surface area contributed by atoms with Crippen molar-refractivity contribution in [3.63, 3.8) is 0 Å². The summed E-state index contributed by atoms with van der Waals surface area (Å²) in [7, 11) is 0. The van der Waals surface area contributed by atoms with Gasteiger partial charge in [0, 0.05) is 18.2 Å². The molecule has 1 aromatic heterocycles. The Balaban J connectivity index is 1.92. The standard InChI is InChI=1S/C10H13ClN4/c11-9-7-3-4-12-5-8(7)14-10(15-9)13-6-1-2-6/h6,12H,1-5H2,(H,13,14,15). The summed E-state index contributed by atoms with van der Waals surface area (Å²) < 4.78 is 0. The van der Waals surface area contributed by atoms with Crippen molar-refractivity contribution in [1.29, 1.82) is 0 Å². The van der Waals surface area contributed by atoms with Crippen LogP contribution in [0.3, 0.4) is 0 Å². The Kier molecular flexibility index (Phi) is 2.25. The van der Waals surface area contributed by atoms with E-state index in [2.05, 4.69) is 20.6 Å². The van der Waals surface area contributed by atoms with Crippen LogP contribution in [-0.4, -0.2) is 22.6 Å². The number of aromatic nitrogens is 2. The Morgan fingerprint density at radius 1 is 1.33 bits per heavy atom. The monoisotopic (exact) mass is 224 g/mol. The van der Waals surface area contributed by atoms with Gasteiger partial charge < -0.3 is 10.6 Å². The van der Waals surface area contributed by atoms with Crippen molar-refractivity contribution in [2.75, 3.05) is 11.9 Å². The van der Waals surface area contributed by atoms with Crippen molar-refractivity contribution in [2.45, 2.75) is 31.8 Å². The number of nitrogens with zero attached hydrogens (tertiary/aromatic N) is 2. The molecule has 1 fully saturated rings. The van der Waals surface area contributed by atoms with Crippen LogP contribution in [0.15, 0.2) is 0 Å². The Morgan fingerprint density at radius 2 is 2.20 bits per heavy atom. The number of fused-ring (bicyclic) bond motifs is 1. The fraction of sp³-hybridized carbons (Fsp3) is 0.600. The van der Waals surface area contributed by atoms with Gasteiger partial charge in [0.05, 0.1) is 5.69 Å². The van der Waals surface area contributed by atoms with E-state index in [-0.39, 0.29) is 0 Å². The average molecular weight is 225 g/mol. The van der Waals surface area contributed by atoms with Crippen LogP contribution in [0, 0.1) is 0 Å². The van der Waals surface area contributed by atoms with Gasteiger partial charge in [-0.05, 0) is 25.8 Å². The number of hydrogen-bond donors (Lipinski definition) is 2. The van der Waals surface area contributed by atoms with E-state index >= 15 is 0 Å². The minimum Gasteiger partial charge on any atom is -0.351 e. The Morgan fingerprint density at radius 3 is 3.00 bits per heavy atom. The number of hydrogen-bond acceptors (Lipinski definition) is 4. The van der Waals surface area contributed by atoms with E-state index in [1.54, 1.807) is 0 Å². The van der Waals surface area contributed by atoms with Crippen LogP contribution >= 0.6 is 11.6 Å². The molecule has 15 heavy (non-hydrogen) atoms. The van der Waals surface area contributed by atoms with Crippen molar-refractivity contribution >= 4 is 17.5 Å². The molecule has 2 N–H and O–H groups in total. The molecule has 1 aromatic rings. The zero-order valence-corrected chi connectivity index (χ0v) is 9.14. The third kappa shape index (κ3) is 1.92. The minimum atomic E-state index is 0.565. The number of nitrogens with one attached hydrogen (secondary N) is 2. The summed E-state index contributed by atoms with van der Waals surface area (Å²) in [4.78, 5) is 8.77. The second kappa shape index (κ2) is 3.61. The highest BCUT2D eigenvalue weighted by Gasteiger charge is 2.23. The van der Waals surface area contributed by atoms with Gasteiger partial charge in [-0.15, -0.1) is 0 Å². The van der Waals surface area contributed by atoms with Crippen LogP contribution in [0.5, 0.6) is 0 Å². The molecule has 0 bridgehead atoms. The molecule has 5 heteroatoms. The van der Waals surface area contributed by atoms with Gasteiger partial charge in [-0.3, -0.25) is 0 Å². The topological polar surface area (TPSA) is 49.8 Å². The third-order valence-electron chi connectivity index (χ3n) is 2.80. The van der Waals surface area contributed by atoms with Gasteiger partial charge in [0.2, 0.25) is 5.95 Å². The van der Waals surface area contributed by atoms with Crippen molar-refractivity contribution < 1.29 is 0 Å². The SMILES string of the molecule is Clc1nc(NC2CC2)nc2c1CCNC2. The van der Waals surface area contributed by atoms with Crippen LogP contribution in [0.2, 0.25) is 5.15 Å². The second-order valence-electron chi connectivity index (χ2n) is 4.11. The zero-order valence-electron chi connectivity index (χ0n) is 8.39. The van der Waals surface area contributed by atoms with Gasteiger partial charge in [0.25, 0.3) is 0 Å². The smallest absolute Gasteiger partial charge is 0.224 e. The predicted octanol–water partition coefficient (Wildman–Crippen LogP) is 1.35. The van der Waals surface area contributed by atoms with Gasteiger partial charge >= 0.3 is 0 Å². The molecule has 0 amide bonds. The highest BCUT2D eigenvalue weighted by atomic mass is 35.5. The minimum absolute atomic E-state index is 0.565. The Labute approximate surface area is 93.5 Å². The highest BCUT2D eigenvalue weighted by molar-refractivity contribution is 6.30. The second-order valence-corrected chi connectivity index (χ2v) is 4.47. The predicted molar refractivity (Wildman–Crippen MR) is 59.1 cm³/mol. The van der Waals surface area contributed by atoms with E-state index in [0.717, 1.165) is 30.8 Å². The molecule has 0 saturated heterocycles. The van der Waals surface area contributed by atoms with Gasteiger partial charge in [-0.25, -0.2) is 9.97 Å². The highest BCUT2D eigenvalue weighted by Crippen LogP contribution is 2.26. The summed E-state index contributed by atoms with van der Waals surface area (Å²) in [6, 6.07) is 0.565. The molecule has 0 radical (unpaired) electrons. The largest absolute Gasteiger partial charge is 0.351 e. The molecule has 1 saturated carbocycles. The quantitative estimate of drug-likeness (QED) is 0.745. The van der Waals surface area contributed by atoms with Gasteiger partial charge in [-0.1, -0.05) is 11.6 Å². The van der Waals surface area contributed by atoms with E-state index in [4.69, 9.17) is 11.6 Å². The van der Waals surface area contributed by atoms with Crippen LogP contribution < -0.4 is 10.6 Å². The van der Waals surface area contributed by atoms with Crippen molar-refractivity contribution in [3.05, 3.63) is 16.4 Å². The van der Waals surface area contributed by atoms with Crippen LogP contribution in [0.4, 0.5) is 5.95 Å². The average Bonchev–Trinajstić information content (AvgIpc) is 3.02. The first-order valence-electron chi connectivity index (χ1n) is 5.35. The number of anilines is 1. The Hall–Kier alpha value is -0.870. The molecule has 0 aromatic carbocycles. The number of rotatable bonds is 2. The molecule has 4 nitrogen and oxygen atoms in total.